The molecule has 2 heterocycles. The van der Waals surface area contributed by atoms with Gasteiger partial charge in [0.25, 0.3) is 5.91 Å². The predicted molar refractivity (Wildman–Crippen MR) is 118 cm³/mol. The van der Waals surface area contributed by atoms with E-state index in [9.17, 15) is 23.6 Å². The Labute approximate surface area is 215 Å². The van der Waals surface area contributed by atoms with Crippen molar-refractivity contribution in [1.82, 2.24) is 15.3 Å². The molecule has 0 aromatic heterocycles. The number of alkyl halides is 1. The van der Waals surface area contributed by atoms with Gasteiger partial charge in [0, 0.05) is 12.2 Å². The molecular weight excluding hydrogens is 458 g/mol. The number of aliphatic carboxylic acids is 1. The molecule has 3 N–H and O–H groups in total. The Bertz CT molecular complexity index is 1020. The van der Waals surface area contributed by atoms with Gasteiger partial charge in [-0.2, -0.15) is 5.06 Å². The maximum Gasteiger partial charge on any atom is 1.00 e. The summed E-state index contributed by atoms with van der Waals surface area (Å²) in [6.07, 6.45) is -1.67. The van der Waals surface area contributed by atoms with Crippen LogP contribution in [0.1, 0.15) is 34.7 Å². The number of carboxylic acid groups (broad SMARTS) is 1. The van der Waals surface area contributed by atoms with Crippen molar-refractivity contribution < 1.29 is 58.5 Å². The van der Waals surface area contributed by atoms with Gasteiger partial charge >= 0.3 is 43.3 Å². The van der Waals surface area contributed by atoms with Crippen LogP contribution in [0, 0.1) is 0 Å². The first kappa shape index (κ1) is 28.2. The molecule has 0 saturated carbocycles. The van der Waals surface area contributed by atoms with E-state index in [2.05, 4.69) is 15.5 Å². The average molecular weight is 486 g/mol. The van der Waals surface area contributed by atoms with E-state index in [0.29, 0.717) is 16.3 Å². The van der Waals surface area contributed by atoms with Crippen LogP contribution in [0.3, 0.4) is 0 Å². The quantitative estimate of drug-likeness (QED) is 0.350. The molecule has 3 atom stereocenters. The number of benzene rings is 1. The van der Waals surface area contributed by atoms with Gasteiger partial charge in [-0.25, -0.2) is 23.6 Å². The molecule has 1 fully saturated rings. The second kappa shape index (κ2) is 11.1. The molecule has 2 bridgehead atoms. The van der Waals surface area contributed by atoms with Gasteiger partial charge in [0.05, 0.1) is 12.6 Å². The second-order valence-electron chi connectivity index (χ2n) is 8.94. The van der Waals surface area contributed by atoms with Crippen LogP contribution in [-0.2, 0) is 25.7 Å². The first-order valence-corrected chi connectivity index (χ1v) is 10.5. The number of ether oxygens (including phenoxy) is 1. The van der Waals surface area contributed by atoms with Gasteiger partial charge < -0.3 is 26.8 Å². The Kier molecular flexibility index (Phi) is 8.94. The Morgan fingerprint density at radius 1 is 1.26 bits per heavy atom. The summed E-state index contributed by atoms with van der Waals surface area (Å²) < 4.78 is 18.7. The molecule has 13 heteroatoms. The van der Waals surface area contributed by atoms with Crippen LogP contribution in [0.15, 0.2) is 35.9 Å². The normalized spacial score (nSPS) is 19.9. The summed E-state index contributed by atoms with van der Waals surface area (Å²) in [6, 6.07) is 4.27. The van der Waals surface area contributed by atoms with Crippen LogP contribution in [-0.4, -0.2) is 69.7 Å². The summed E-state index contributed by atoms with van der Waals surface area (Å²) in [6.45, 7) is 7.23. The maximum atomic E-state index is 13.5. The zero-order valence-corrected chi connectivity index (χ0v) is 20.2. The van der Waals surface area contributed by atoms with E-state index in [1.165, 1.54) is 4.90 Å². The van der Waals surface area contributed by atoms with E-state index in [-0.39, 0.29) is 33.4 Å². The number of amides is 4. The average Bonchev–Trinajstić information content (AvgIpc) is 2.97. The van der Waals surface area contributed by atoms with Crippen molar-refractivity contribution in [3.05, 3.63) is 41.5 Å². The molecule has 35 heavy (non-hydrogen) atoms. The van der Waals surface area contributed by atoms with Crippen LogP contribution in [0.2, 0.25) is 0 Å². The monoisotopic (exact) mass is 486 g/mol. The largest absolute Gasteiger partial charge is 1.00 e. The fraction of sp³-hybridized carbons (Fsp3) is 0.455. The Morgan fingerprint density at radius 2 is 1.89 bits per heavy atom. The van der Waals surface area contributed by atoms with Crippen molar-refractivity contribution in [3.63, 3.8) is 0 Å². The molecule has 0 aliphatic carbocycles. The van der Waals surface area contributed by atoms with E-state index in [4.69, 9.17) is 9.84 Å². The Balaban J connectivity index is 0.00000324. The van der Waals surface area contributed by atoms with Crippen LogP contribution in [0.5, 0.6) is 0 Å². The van der Waals surface area contributed by atoms with E-state index in [1.54, 1.807) is 58.0 Å². The van der Waals surface area contributed by atoms with Gasteiger partial charge in [0.1, 0.15) is 11.6 Å². The predicted octanol–water partition coefficient (Wildman–Crippen LogP) is -0.487. The molecule has 0 spiro atoms. The molecular formula is C22H28FLiN4O7. The number of alkyl carbamates (subject to hydrolysis) is 1. The number of fused-ring (bicyclic) bond motifs is 2. The van der Waals surface area contributed by atoms with Crippen molar-refractivity contribution in [1.29, 1.82) is 0 Å². The third-order valence-corrected chi connectivity index (χ3v) is 5.02. The molecule has 3 rings (SSSR count). The minimum Gasteiger partial charge on any atom is -1.00 e. The molecule has 4 amide bonds. The Morgan fingerprint density at radius 3 is 2.46 bits per heavy atom. The maximum absolute atomic E-state index is 13.5. The molecule has 1 saturated heterocycles. The second-order valence-corrected chi connectivity index (χ2v) is 8.94. The number of anilines is 1. The minimum absolute atomic E-state index is 0. The van der Waals surface area contributed by atoms with E-state index in [0.717, 1.165) is 5.56 Å². The summed E-state index contributed by atoms with van der Waals surface area (Å²) in [4.78, 5) is 53.9. The van der Waals surface area contributed by atoms with Gasteiger partial charge in [0.2, 0.25) is 0 Å². The first-order chi connectivity index (χ1) is 15.9. The number of hydrogen-bond donors (Lipinski definition) is 3. The van der Waals surface area contributed by atoms with Crippen molar-refractivity contribution >= 4 is 29.7 Å². The molecule has 0 radical (unpaired) electrons. The fourth-order valence-electron chi connectivity index (χ4n) is 3.62. The smallest absolute Gasteiger partial charge is 1.00 e. The summed E-state index contributed by atoms with van der Waals surface area (Å²) in [5.41, 5.74) is 1.18. The minimum atomic E-state index is -2.70. The number of hydrogen-bond acceptors (Lipinski definition) is 6. The van der Waals surface area contributed by atoms with Gasteiger partial charge in [-0.15, -0.1) is 0 Å². The van der Waals surface area contributed by atoms with Gasteiger partial charge in [-0.05, 0) is 51.0 Å². The number of nitrogens with one attached hydrogen (secondary N) is 2. The van der Waals surface area contributed by atoms with E-state index >= 15 is 0 Å². The number of rotatable bonds is 7. The molecule has 0 unspecified atom stereocenters. The van der Waals surface area contributed by atoms with Crippen molar-refractivity contribution in [2.75, 3.05) is 11.9 Å². The molecule has 11 nitrogen and oxygen atoms in total. The number of hydroxylamine groups is 2. The standard InChI is InChI=1S/C22H27FN4O7.Li.H/c1-12-9-15-11-26(21(32)27(15)34-17(23)19(29)30)16(12)18(28)25-14-7-5-13(6-8-14)10-24-20(31)33-22(2,3)4;;/h5-9,15-17H,10-11H2,1-4H3,(H,24,31)(H,25,28)(H,29,30);;/q;+1;-1/t15-,16+,17+;;/m1../s1. The molecule has 2 aliphatic rings. The molecule has 1 aromatic rings. The number of nitrogens with zero attached hydrogens (tertiary/aromatic N) is 2. The van der Waals surface area contributed by atoms with Crippen LogP contribution < -0.4 is 29.5 Å². The number of carboxylic acids is 1. The van der Waals surface area contributed by atoms with Crippen molar-refractivity contribution in [3.8, 4) is 0 Å². The third-order valence-electron chi connectivity index (χ3n) is 5.02. The SMILES string of the molecule is CC1=C[C@@H]2CN(C(=O)N2O[C@H](F)C(=O)O)[C@@H]1C(=O)Nc1ccc(CNC(=O)OC(C)(C)C)cc1.[H-].[Li+]. The summed E-state index contributed by atoms with van der Waals surface area (Å²) in [5.74, 6) is -2.35. The zero-order valence-electron chi connectivity index (χ0n) is 21.2. The number of halogens is 1. The molecule has 186 valence electrons. The topological polar surface area (TPSA) is 138 Å². The van der Waals surface area contributed by atoms with Crippen LogP contribution >= 0.6 is 0 Å². The number of carbonyl (C=O) groups excluding carboxylic acids is 3. The van der Waals surface area contributed by atoms with E-state index < -0.39 is 48.0 Å². The van der Waals surface area contributed by atoms with Crippen LogP contribution in [0.25, 0.3) is 0 Å². The zero-order chi connectivity index (χ0) is 25.2. The van der Waals surface area contributed by atoms with Crippen molar-refractivity contribution in [2.24, 2.45) is 0 Å². The molecule has 2 aliphatic heterocycles. The molecule has 1 aromatic carbocycles. The number of urea groups is 1. The summed E-state index contributed by atoms with van der Waals surface area (Å²) in [5, 5.41) is 14.7. The van der Waals surface area contributed by atoms with Crippen molar-refractivity contribution in [2.45, 2.75) is 58.3 Å². The fourth-order valence-corrected chi connectivity index (χ4v) is 3.62. The Hall–Kier alpha value is -3.07. The van der Waals surface area contributed by atoms with E-state index in [1.807, 2.05) is 0 Å². The number of carbonyl (C=O) groups is 4. The third kappa shape index (κ3) is 6.97. The van der Waals surface area contributed by atoms with Gasteiger partial charge in [-0.3, -0.25) is 4.79 Å². The summed E-state index contributed by atoms with van der Waals surface area (Å²) >= 11 is 0. The van der Waals surface area contributed by atoms with Gasteiger partial charge in [-0.1, -0.05) is 18.2 Å². The first-order valence-electron chi connectivity index (χ1n) is 10.5. The van der Waals surface area contributed by atoms with Gasteiger partial charge in [0.15, 0.2) is 0 Å². The summed E-state index contributed by atoms with van der Waals surface area (Å²) in [7, 11) is 0. The van der Waals surface area contributed by atoms with Crippen LogP contribution in [0.4, 0.5) is 19.7 Å².